The number of allylic oxidation sites excluding steroid dienone is 1. The van der Waals surface area contributed by atoms with Crippen LogP contribution in [0.3, 0.4) is 0 Å². The van der Waals surface area contributed by atoms with E-state index in [2.05, 4.69) is 36.7 Å². The second-order valence-corrected chi connectivity index (χ2v) is 7.47. The topological polar surface area (TPSA) is 34.4 Å². The summed E-state index contributed by atoms with van der Waals surface area (Å²) < 4.78 is 3.19. The first kappa shape index (κ1) is 17.7. The minimum Gasteiger partial charge on any atom is -0.312 e. The molecule has 128 valence electrons. The number of thioether (sulfide) groups is 1. The van der Waals surface area contributed by atoms with Gasteiger partial charge < -0.3 is 4.57 Å². The molecule has 0 spiro atoms. The van der Waals surface area contributed by atoms with Crippen LogP contribution in [0.15, 0.2) is 65.0 Å². The number of carbonyl (C=O) groups excluding carboxylic acids is 1. The summed E-state index contributed by atoms with van der Waals surface area (Å²) in [5, 5.41) is 0. The number of hydrogen-bond acceptors (Lipinski definition) is 3. The van der Waals surface area contributed by atoms with Crippen molar-refractivity contribution in [3.8, 4) is 0 Å². The highest BCUT2D eigenvalue weighted by atomic mass is 32.2. The highest BCUT2D eigenvalue weighted by molar-refractivity contribution is 7.98. The van der Waals surface area contributed by atoms with Gasteiger partial charge in [-0.3, -0.25) is 4.79 Å². The second-order valence-electron chi connectivity index (χ2n) is 5.59. The Morgan fingerprint density at radius 3 is 2.68 bits per heavy atom. The largest absolute Gasteiger partial charge is 0.312 e. The number of aromatic nitrogens is 1. The van der Waals surface area contributed by atoms with Crippen molar-refractivity contribution >= 4 is 39.2 Å². The van der Waals surface area contributed by atoms with E-state index in [0.29, 0.717) is 16.9 Å². The van der Waals surface area contributed by atoms with E-state index in [0.717, 1.165) is 21.5 Å². The van der Waals surface area contributed by atoms with Gasteiger partial charge in [-0.1, -0.05) is 30.4 Å². The van der Waals surface area contributed by atoms with Gasteiger partial charge in [-0.2, -0.15) is 4.99 Å². The molecule has 0 bridgehead atoms. The number of hydrogen-bond donors (Lipinski definition) is 0. The maximum atomic E-state index is 12.6. The molecule has 2 aromatic carbocycles. The predicted molar refractivity (Wildman–Crippen MR) is 108 cm³/mol. The van der Waals surface area contributed by atoms with Gasteiger partial charge in [0.25, 0.3) is 5.91 Å². The van der Waals surface area contributed by atoms with Gasteiger partial charge in [-0.25, -0.2) is 0 Å². The molecule has 3 rings (SSSR count). The van der Waals surface area contributed by atoms with E-state index in [1.807, 2.05) is 41.2 Å². The normalized spacial score (nSPS) is 11.8. The van der Waals surface area contributed by atoms with Gasteiger partial charge in [0.2, 0.25) is 0 Å². The molecule has 0 radical (unpaired) electrons. The van der Waals surface area contributed by atoms with E-state index >= 15 is 0 Å². The van der Waals surface area contributed by atoms with Crippen molar-refractivity contribution < 1.29 is 4.79 Å². The Labute approximate surface area is 155 Å². The van der Waals surface area contributed by atoms with Crippen LogP contribution in [0.1, 0.15) is 22.8 Å². The summed E-state index contributed by atoms with van der Waals surface area (Å²) in [5.74, 6) is -0.215. The summed E-state index contributed by atoms with van der Waals surface area (Å²) in [6, 6.07) is 14.0. The van der Waals surface area contributed by atoms with Gasteiger partial charge in [0.1, 0.15) is 0 Å². The van der Waals surface area contributed by atoms with Crippen LogP contribution in [0, 0.1) is 0 Å². The second kappa shape index (κ2) is 7.85. The molecule has 0 aliphatic rings. The van der Waals surface area contributed by atoms with Crippen LogP contribution in [0.2, 0.25) is 0 Å². The summed E-state index contributed by atoms with van der Waals surface area (Å²) >= 11 is 3.20. The first-order chi connectivity index (χ1) is 12.2. The molecule has 1 aromatic heterocycles. The van der Waals surface area contributed by atoms with Crippen LogP contribution in [0.25, 0.3) is 10.2 Å². The number of amides is 1. The summed E-state index contributed by atoms with van der Waals surface area (Å²) in [6.07, 6.45) is 4.83. The average Bonchev–Trinajstić information content (AvgIpc) is 2.98. The Kier molecular flexibility index (Phi) is 5.56. The SMILES string of the molecule is C=CCn1c(=NC(=O)c2ccc(SC)cc2)sc2cc(CC)ccc21. The molecule has 5 heteroatoms. The maximum absolute atomic E-state index is 12.6. The number of aryl methyl sites for hydroxylation is 1. The van der Waals surface area contributed by atoms with Gasteiger partial charge in [0.15, 0.2) is 4.80 Å². The van der Waals surface area contributed by atoms with Crippen molar-refractivity contribution in [1.29, 1.82) is 0 Å². The number of fused-ring (bicyclic) bond motifs is 1. The fourth-order valence-electron chi connectivity index (χ4n) is 2.61. The molecule has 0 saturated carbocycles. The molecule has 1 amide bonds. The zero-order valence-corrected chi connectivity index (χ0v) is 16.0. The zero-order valence-electron chi connectivity index (χ0n) is 14.4. The van der Waals surface area contributed by atoms with Crippen LogP contribution in [-0.2, 0) is 13.0 Å². The molecule has 0 aliphatic heterocycles. The highest BCUT2D eigenvalue weighted by Crippen LogP contribution is 2.20. The molecule has 0 aliphatic carbocycles. The lowest BCUT2D eigenvalue weighted by Crippen LogP contribution is -2.16. The molecule has 1 heterocycles. The van der Waals surface area contributed by atoms with Gasteiger partial charge in [-0.15, -0.1) is 18.3 Å². The third-order valence-corrected chi connectivity index (χ3v) is 5.79. The number of nitrogens with zero attached hydrogens (tertiary/aromatic N) is 2. The Morgan fingerprint density at radius 1 is 1.28 bits per heavy atom. The molecule has 0 N–H and O–H groups in total. The predicted octanol–water partition coefficient (Wildman–Crippen LogP) is 4.91. The van der Waals surface area contributed by atoms with Gasteiger partial charge in [-0.05, 0) is 54.6 Å². The molecule has 25 heavy (non-hydrogen) atoms. The van der Waals surface area contributed by atoms with E-state index in [1.54, 1.807) is 23.1 Å². The van der Waals surface area contributed by atoms with E-state index in [-0.39, 0.29) is 5.91 Å². The van der Waals surface area contributed by atoms with E-state index in [1.165, 1.54) is 5.56 Å². The average molecular weight is 369 g/mol. The zero-order chi connectivity index (χ0) is 17.8. The fourth-order valence-corrected chi connectivity index (χ4v) is 4.12. The maximum Gasteiger partial charge on any atom is 0.279 e. The van der Waals surface area contributed by atoms with Crippen molar-refractivity contribution in [2.75, 3.05) is 6.26 Å². The standard InChI is InChI=1S/C20H20N2OS2/c1-4-12-22-17-11-6-14(5-2)13-18(17)25-20(22)21-19(23)15-7-9-16(24-3)10-8-15/h4,6-11,13H,1,5,12H2,2-3H3. The smallest absolute Gasteiger partial charge is 0.279 e. The minimum atomic E-state index is -0.215. The first-order valence-electron chi connectivity index (χ1n) is 8.12. The number of carbonyl (C=O) groups is 1. The number of rotatable bonds is 5. The monoisotopic (exact) mass is 368 g/mol. The summed E-state index contributed by atoms with van der Waals surface area (Å²) in [7, 11) is 0. The molecular formula is C20H20N2OS2. The van der Waals surface area contributed by atoms with Crippen molar-refractivity contribution in [3.63, 3.8) is 0 Å². The third-order valence-electron chi connectivity index (χ3n) is 4.00. The quantitative estimate of drug-likeness (QED) is 0.473. The van der Waals surface area contributed by atoms with Gasteiger partial charge >= 0.3 is 0 Å². The number of thiazole rings is 1. The molecule has 0 fully saturated rings. The Morgan fingerprint density at radius 2 is 2.04 bits per heavy atom. The lowest BCUT2D eigenvalue weighted by molar-refractivity contribution is 0.0998. The van der Waals surface area contributed by atoms with Crippen molar-refractivity contribution in [2.24, 2.45) is 4.99 Å². The van der Waals surface area contributed by atoms with E-state index in [4.69, 9.17) is 0 Å². The lowest BCUT2D eigenvalue weighted by Gasteiger charge is -2.02. The first-order valence-corrected chi connectivity index (χ1v) is 10.2. The third kappa shape index (κ3) is 3.78. The Hall–Kier alpha value is -2.11. The number of benzene rings is 2. The van der Waals surface area contributed by atoms with Crippen molar-refractivity contribution in [3.05, 3.63) is 71.0 Å². The summed E-state index contributed by atoms with van der Waals surface area (Å²) in [4.78, 5) is 18.8. The van der Waals surface area contributed by atoms with Gasteiger partial charge in [0.05, 0.1) is 10.2 Å². The molecule has 3 nitrogen and oxygen atoms in total. The molecule has 0 saturated heterocycles. The summed E-state index contributed by atoms with van der Waals surface area (Å²) in [6.45, 7) is 6.59. The highest BCUT2D eigenvalue weighted by Gasteiger charge is 2.09. The summed E-state index contributed by atoms with van der Waals surface area (Å²) in [5.41, 5.74) is 2.98. The molecule has 3 aromatic rings. The Balaban J connectivity index is 2.08. The van der Waals surface area contributed by atoms with Crippen molar-refractivity contribution in [1.82, 2.24) is 4.57 Å². The van der Waals surface area contributed by atoms with E-state index in [9.17, 15) is 4.79 Å². The lowest BCUT2D eigenvalue weighted by atomic mass is 10.2. The van der Waals surface area contributed by atoms with Crippen LogP contribution < -0.4 is 4.80 Å². The molecule has 0 unspecified atom stereocenters. The van der Waals surface area contributed by atoms with E-state index < -0.39 is 0 Å². The van der Waals surface area contributed by atoms with Crippen LogP contribution in [0.5, 0.6) is 0 Å². The van der Waals surface area contributed by atoms with Crippen LogP contribution >= 0.6 is 23.1 Å². The Bertz CT molecular complexity index is 981. The molecular weight excluding hydrogens is 348 g/mol. The van der Waals surface area contributed by atoms with Crippen LogP contribution in [-0.4, -0.2) is 16.7 Å². The minimum absolute atomic E-state index is 0.215. The van der Waals surface area contributed by atoms with Gasteiger partial charge in [0, 0.05) is 17.0 Å². The fraction of sp³-hybridized carbons (Fsp3) is 0.200. The molecule has 0 atom stereocenters. The van der Waals surface area contributed by atoms with Crippen molar-refractivity contribution in [2.45, 2.75) is 24.8 Å². The van der Waals surface area contributed by atoms with Crippen LogP contribution in [0.4, 0.5) is 0 Å².